The topological polar surface area (TPSA) is 80.3 Å². The van der Waals surface area contributed by atoms with Gasteiger partial charge in [-0.1, -0.05) is 0 Å². The van der Waals surface area contributed by atoms with E-state index in [1.165, 1.54) is 12.6 Å². The fourth-order valence-corrected chi connectivity index (χ4v) is 6.14. The quantitative estimate of drug-likeness (QED) is 0.629. The lowest BCUT2D eigenvalue weighted by Gasteiger charge is -2.38. The third-order valence-corrected chi connectivity index (χ3v) is 8.88. The van der Waals surface area contributed by atoms with Crippen molar-refractivity contribution in [2.24, 2.45) is 0 Å². The number of amides is 1. The van der Waals surface area contributed by atoms with E-state index in [0.29, 0.717) is 25.7 Å². The second-order valence-corrected chi connectivity index (χ2v) is 11.2. The van der Waals surface area contributed by atoms with Crippen LogP contribution in [-0.4, -0.2) is 117 Å². The Morgan fingerprint density at radius 3 is 2.34 bits per heavy atom. The summed E-state index contributed by atoms with van der Waals surface area (Å²) in [5, 5.41) is 0. The van der Waals surface area contributed by atoms with E-state index >= 15 is 0 Å². The van der Waals surface area contributed by atoms with Crippen LogP contribution in [0, 0.1) is 0 Å². The Balaban J connectivity index is 1.30. The van der Waals surface area contributed by atoms with Gasteiger partial charge in [0.15, 0.2) is 0 Å². The van der Waals surface area contributed by atoms with Crippen molar-refractivity contribution in [3.8, 4) is 0 Å². The molecule has 0 saturated carbocycles. The summed E-state index contributed by atoms with van der Waals surface area (Å²) in [7, 11) is -1.49. The summed E-state index contributed by atoms with van der Waals surface area (Å²) in [5.41, 5.74) is 0. The van der Waals surface area contributed by atoms with Crippen molar-refractivity contribution in [3.63, 3.8) is 0 Å². The van der Waals surface area contributed by atoms with Gasteiger partial charge in [-0.15, -0.1) is 0 Å². The number of hydrogen-bond donors (Lipinski definition) is 0. The van der Waals surface area contributed by atoms with E-state index in [1.54, 1.807) is 16.4 Å². The van der Waals surface area contributed by atoms with Gasteiger partial charge in [0.25, 0.3) is 0 Å². The number of sulfonamides is 1. The van der Waals surface area contributed by atoms with Crippen molar-refractivity contribution in [2.45, 2.75) is 37.1 Å². The molecule has 0 bridgehead atoms. The van der Waals surface area contributed by atoms with Gasteiger partial charge in [-0.2, -0.15) is 4.31 Å². The average molecular weight is 465 g/mol. The van der Waals surface area contributed by atoms with E-state index in [0.717, 1.165) is 64.5 Å². The van der Waals surface area contributed by atoms with Crippen LogP contribution in [-0.2, 0) is 14.8 Å². The van der Waals surface area contributed by atoms with E-state index < -0.39 is 10.0 Å². The zero-order valence-electron chi connectivity index (χ0n) is 19.3. The summed E-state index contributed by atoms with van der Waals surface area (Å²) in [6.07, 6.45) is 4.91. The normalized spacial score (nSPS) is 24.6. The number of hydrogen-bond acceptors (Lipinski definition) is 7. The molecular weight excluding hydrogens is 428 g/mol. The van der Waals surface area contributed by atoms with E-state index in [4.69, 9.17) is 0 Å². The number of rotatable bonds is 5. The molecule has 1 amide bonds. The van der Waals surface area contributed by atoms with Crippen molar-refractivity contribution in [1.29, 1.82) is 0 Å². The third-order valence-electron chi connectivity index (χ3n) is 7.00. The number of piperazine rings is 2. The van der Waals surface area contributed by atoms with Crippen LogP contribution < -0.4 is 4.90 Å². The van der Waals surface area contributed by atoms with Crippen LogP contribution in [0.15, 0.2) is 23.2 Å². The molecule has 10 heteroatoms. The fraction of sp³-hybridized carbons (Fsp3) is 0.727. The lowest BCUT2D eigenvalue weighted by molar-refractivity contribution is -0.135. The van der Waals surface area contributed by atoms with Gasteiger partial charge in [0.2, 0.25) is 15.9 Å². The average Bonchev–Trinajstić information content (AvgIpc) is 2.80. The molecule has 32 heavy (non-hydrogen) atoms. The Morgan fingerprint density at radius 2 is 1.72 bits per heavy atom. The minimum absolute atomic E-state index is 0.238. The molecule has 0 spiro atoms. The number of piperidine rings is 1. The summed E-state index contributed by atoms with van der Waals surface area (Å²) >= 11 is 0. The molecule has 0 aromatic carbocycles. The van der Waals surface area contributed by atoms with Crippen LogP contribution in [0.25, 0.3) is 0 Å². The zero-order chi connectivity index (χ0) is 22.7. The van der Waals surface area contributed by atoms with Gasteiger partial charge in [0, 0.05) is 71.1 Å². The highest BCUT2D eigenvalue weighted by atomic mass is 32.2. The molecule has 3 aliphatic rings. The maximum atomic E-state index is 12.9. The number of likely N-dealkylation sites (tertiary alicyclic amines) is 1. The van der Waals surface area contributed by atoms with Crippen LogP contribution in [0.5, 0.6) is 0 Å². The molecule has 1 atom stereocenters. The van der Waals surface area contributed by atoms with Crippen molar-refractivity contribution >= 4 is 21.7 Å². The number of anilines is 1. The van der Waals surface area contributed by atoms with E-state index in [-0.39, 0.29) is 10.8 Å². The smallest absolute Gasteiger partial charge is 0.244 e. The van der Waals surface area contributed by atoms with Crippen LogP contribution in [0.4, 0.5) is 5.82 Å². The Hall–Kier alpha value is -1.75. The highest BCUT2D eigenvalue weighted by molar-refractivity contribution is 7.89. The zero-order valence-corrected chi connectivity index (χ0v) is 20.1. The van der Waals surface area contributed by atoms with Crippen LogP contribution >= 0.6 is 0 Å². The number of carbonyl (C=O) groups is 1. The minimum atomic E-state index is -3.50. The summed E-state index contributed by atoms with van der Waals surface area (Å²) in [6.45, 7) is 9.18. The lowest BCUT2D eigenvalue weighted by Crippen LogP contribution is -2.52. The maximum absolute atomic E-state index is 12.9. The van der Waals surface area contributed by atoms with E-state index in [1.807, 2.05) is 11.9 Å². The second kappa shape index (κ2) is 10.0. The summed E-state index contributed by atoms with van der Waals surface area (Å²) < 4.78 is 27.3. The molecule has 4 rings (SSSR count). The fourth-order valence-electron chi connectivity index (χ4n) is 4.78. The Labute approximate surface area is 192 Å². The molecule has 1 aromatic heterocycles. The Morgan fingerprint density at radius 1 is 1.00 bits per heavy atom. The minimum Gasteiger partial charge on any atom is -0.354 e. The van der Waals surface area contributed by atoms with Gasteiger partial charge in [-0.3, -0.25) is 9.69 Å². The SMILES string of the molecule is CC1CCCCN1C(=O)CN1CCN(c2ccc(S(=O)(=O)N3CCN(C)CC3)cn2)CC1. The van der Waals surface area contributed by atoms with Gasteiger partial charge < -0.3 is 14.7 Å². The molecule has 4 heterocycles. The van der Waals surface area contributed by atoms with E-state index in [9.17, 15) is 13.2 Å². The van der Waals surface area contributed by atoms with Gasteiger partial charge in [0.05, 0.1) is 6.54 Å². The van der Waals surface area contributed by atoms with Gasteiger partial charge in [-0.25, -0.2) is 13.4 Å². The predicted octanol–water partition coefficient (Wildman–Crippen LogP) is 0.541. The Bertz CT molecular complexity index is 877. The number of nitrogens with zero attached hydrogens (tertiary/aromatic N) is 6. The van der Waals surface area contributed by atoms with Crippen molar-refractivity contribution < 1.29 is 13.2 Å². The first-order valence-electron chi connectivity index (χ1n) is 11.8. The monoisotopic (exact) mass is 464 g/mol. The largest absolute Gasteiger partial charge is 0.354 e. The summed E-state index contributed by atoms with van der Waals surface area (Å²) in [5.74, 6) is 1.03. The molecule has 3 aliphatic heterocycles. The Kier molecular flexibility index (Phi) is 7.34. The third kappa shape index (κ3) is 5.24. The molecule has 9 nitrogen and oxygen atoms in total. The molecule has 1 aromatic rings. The number of likely N-dealkylation sites (N-methyl/N-ethyl adjacent to an activating group) is 1. The molecule has 3 saturated heterocycles. The van der Waals surface area contributed by atoms with E-state index in [2.05, 4.69) is 26.6 Å². The second-order valence-electron chi connectivity index (χ2n) is 9.25. The van der Waals surface area contributed by atoms with Crippen molar-refractivity contribution in [3.05, 3.63) is 18.3 Å². The highest BCUT2D eigenvalue weighted by Crippen LogP contribution is 2.21. The predicted molar refractivity (Wildman–Crippen MR) is 124 cm³/mol. The van der Waals surface area contributed by atoms with Crippen LogP contribution in [0.1, 0.15) is 26.2 Å². The summed E-state index contributed by atoms with van der Waals surface area (Å²) in [4.78, 5) is 26.0. The van der Waals surface area contributed by atoms with Crippen molar-refractivity contribution in [2.75, 3.05) is 77.4 Å². The molecular formula is C22H36N6O3S. The molecule has 0 radical (unpaired) electrons. The molecule has 1 unspecified atom stereocenters. The maximum Gasteiger partial charge on any atom is 0.244 e. The summed E-state index contributed by atoms with van der Waals surface area (Å²) in [6, 6.07) is 3.82. The number of carbonyl (C=O) groups excluding carboxylic acids is 1. The molecule has 0 N–H and O–H groups in total. The standard InChI is InChI=1S/C22H36N6O3S/c1-19-5-3-4-8-28(19)22(29)18-25-11-13-26(14-12-25)21-7-6-20(17-23-21)32(30,31)27-15-9-24(2)10-16-27/h6-7,17,19H,3-5,8-16,18H2,1-2H3. The first-order chi connectivity index (χ1) is 15.3. The van der Waals surface area contributed by atoms with Gasteiger partial charge >= 0.3 is 0 Å². The molecule has 3 fully saturated rings. The van der Waals surface area contributed by atoms with Crippen molar-refractivity contribution in [1.82, 2.24) is 24.0 Å². The van der Waals surface area contributed by atoms with Gasteiger partial charge in [0.1, 0.15) is 10.7 Å². The first kappa shape index (κ1) is 23.4. The van der Waals surface area contributed by atoms with Gasteiger partial charge in [-0.05, 0) is 45.4 Å². The molecule has 178 valence electrons. The lowest BCUT2D eigenvalue weighted by atomic mass is 10.0. The van der Waals surface area contributed by atoms with Crippen LogP contribution in [0.2, 0.25) is 0 Å². The first-order valence-corrected chi connectivity index (χ1v) is 13.2. The van der Waals surface area contributed by atoms with Crippen LogP contribution in [0.3, 0.4) is 0 Å². The number of aromatic nitrogens is 1. The molecule has 0 aliphatic carbocycles. The highest BCUT2D eigenvalue weighted by Gasteiger charge is 2.29. The number of pyridine rings is 1.